The maximum Gasteiger partial charge on any atom is 0.328 e. The van der Waals surface area contributed by atoms with Gasteiger partial charge >= 0.3 is 5.97 Å². The van der Waals surface area contributed by atoms with Gasteiger partial charge in [-0.25, -0.2) is 4.79 Å². The van der Waals surface area contributed by atoms with Gasteiger partial charge in [0.05, 0.1) is 12.1 Å². The van der Waals surface area contributed by atoms with Gasteiger partial charge < -0.3 is 37.0 Å². The van der Waals surface area contributed by atoms with Gasteiger partial charge in [-0.05, 0) is 30.2 Å². The van der Waals surface area contributed by atoms with E-state index in [1.807, 2.05) is 0 Å². The van der Waals surface area contributed by atoms with Crippen LogP contribution in [-0.4, -0.2) is 75.0 Å². The minimum atomic E-state index is -1.59. The fraction of sp³-hybridized carbons (Fsp3) is 0.360. The van der Waals surface area contributed by atoms with Crippen LogP contribution in [0.5, 0.6) is 5.75 Å². The minimum absolute atomic E-state index is 0.0145. The number of carboxylic acid groups (broad SMARTS) is 1. The second-order valence-corrected chi connectivity index (χ2v) is 8.90. The SMILES string of the molecule is CC(O)C(NC(=O)C(Cc1ccccc1)NC(=O)C(Cc1ccc(O)cc1)NC(=O)C(N)CS)C(=O)O. The molecular formula is C25H32N4O7S. The quantitative estimate of drug-likeness (QED) is 0.156. The highest BCUT2D eigenvalue weighted by Crippen LogP contribution is 2.12. The number of carbonyl (C=O) groups excluding carboxylic acids is 3. The highest BCUT2D eigenvalue weighted by molar-refractivity contribution is 7.80. The van der Waals surface area contributed by atoms with Gasteiger partial charge in [-0.3, -0.25) is 14.4 Å². The number of rotatable bonds is 13. The molecule has 11 nitrogen and oxygen atoms in total. The van der Waals surface area contributed by atoms with E-state index in [0.717, 1.165) is 0 Å². The molecule has 8 N–H and O–H groups in total. The monoisotopic (exact) mass is 532 g/mol. The molecule has 2 aromatic rings. The third kappa shape index (κ3) is 9.41. The average molecular weight is 533 g/mol. The smallest absolute Gasteiger partial charge is 0.328 e. The summed E-state index contributed by atoms with van der Waals surface area (Å²) in [4.78, 5) is 50.3. The molecule has 200 valence electrons. The van der Waals surface area contributed by atoms with Crippen LogP contribution >= 0.6 is 12.6 Å². The van der Waals surface area contributed by atoms with Gasteiger partial charge in [0.25, 0.3) is 0 Å². The number of aromatic hydroxyl groups is 1. The molecule has 37 heavy (non-hydrogen) atoms. The van der Waals surface area contributed by atoms with Crippen LogP contribution < -0.4 is 21.7 Å². The predicted molar refractivity (Wildman–Crippen MR) is 139 cm³/mol. The van der Waals surface area contributed by atoms with E-state index < -0.39 is 54.0 Å². The molecule has 5 unspecified atom stereocenters. The number of thiol groups is 1. The molecule has 0 radical (unpaired) electrons. The molecule has 3 amide bonds. The largest absolute Gasteiger partial charge is 0.508 e. The summed E-state index contributed by atoms with van der Waals surface area (Å²) in [6.45, 7) is 1.22. The second kappa shape index (κ2) is 14.2. The highest BCUT2D eigenvalue weighted by Gasteiger charge is 2.32. The zero-order valence-electron chi connectivity index (χ0n) is 20.2. The Kier molecular flexibility index (Phi) is 11.4. The normalized spacial score (nSPS) is 14.9. The number of carbonyl (C=O) groups is 4. The maximum atomic E-state index is 13.3. The number of phenolic OH excluding ortho intramolecular Hbond substituents is 1. The van der Waals surface area contributed by atoms with Gasteiger partial charge in [-0.2, -0.15) is 12.6 Å². The van der Waals surface area contributed by atoms with Crippen LogP contribution in [0.3, 0.4) is 0 Å². The molecule has 0 fully saturated rings. The third-order valence-electron chi connectivity index (χ3n) is 5.50. The summed E-state index contributed by atoms with van der Waals surface area (Å²) in [6, 6.07) is 9.79. The Balaban J connectivity index is 2.31. The van der Waals surface area contributed by atoms with Crippen molar-refractivity contribution in [1.82, 2.24) is 16.0 Å². The van der Waals surface area contributed by atoms with Crippen molar-refractivity contribution in [3.05, 3.63) is 65.7 Å². The molecule has 0 spiro atoms. The molecule has 12 heteroatoms. The summed E-state index contributed by atoms with van der Waals surface area (Å²) in [6.07, 6.45) is -1.36. The molecule has 0 aliphatic carbocycles. The molecule has 0 aliphatic heterocycles. The van der Waals surface area contributed by atoms with Crippen molar-refractivity contribution in [1.29, 1.82) is 0 Å². The molecule has 0 heterocycles. The van der Waals surface area contributed by atoms with E-state index in [-0.39, 0.29) is 24.3 Å². The molecule has 0 saturated carbocycles. The molecule has 2 aromatic carbocycles. The number of nitrogens with two attached hydrogens (primary N) is 1. The van der Waals surface area contributed by atoms with Crippen molar-refractivity contribution >= 4 is 36.3 Å². The number of hydrogen-bond acceptors (Lipinski definition) is 8. The number of aliphatic carboxylic acids is 1. The Morgan fingerprint density at radius 3 is 1.81 bits per heavy atom. The highest BCUT2D eigenvalue weighted by atomic mass is 32.1. The number of aliphatic hydroxyl groups excluding tert-OH is 1. The number of benzene rings is 2. The fourth-order valence-electron chi connectivity index (χ4n) is 3.41. The Bertz CT molecular complexity index is 1070. The van der Waals surface area contributed by atoms with E-state index in [1.165, 1.54) is 19.1 Å². The summed E-state index contributed by atoms with van der Waals surface area (Å²) in [5, 5.41) is 36.1. The summed E-state index contributed by atoms with van der Waals surface area (Å²) in [5.74, 6) is -3.55. The Morgan fingerprint density at radius 1 is 0.838 bits per heavy atom. The zero-order chi connectivity index (χ0) is 27.5. The number of nitrogens with one attached hydrogen (secondary N) is 3. The van der Waals surface area contributed by atoms with E-state index in [0.29, 0.717) is 11.1 Å². The van der Waals surface area contributed by atoms with Crippen LogP contribution in [0.25, 0.3) is 0 Å². The first-order chi connectivity index (χ1) is 17.5. The van der Waals surface area contributed by atoms with Crippen molar-refractivity contribution < 1.29 is 34.5 Å². The summed E-state index contributed by atoms with van der Waals surface area (Å²) < 4.78 is 0. The van der Waals surface area contributed by atoms with E-state index in [1.54, 1.807) is 42.5 Å². The molecular weight excluding hydrogens is 500 g/mol. The minimum Gasteiger partial charge on any atom is -0.508 e. The number of carboxylic acids is 1. The van der Waals surface area contributed by atoms with Gasteiger partial charge in [0.15, 0.2) is 6.04 Å². The molecule has 0 aromatic heterocycles. The van der Waals surface area contributed by atoms with Gasteiger partial charge in [0, 0.05) is 18.6 Å². The van der Waals surface area contributed by atoms with E-state index in [4.69, 9.17) is 5.73 Å². The van der Waals surface area contributed by atoms with Crippen molar-refractivity contribution in [2.24, 2.45) is 5.73 Å². The first-order valence-corrected chi connectivity index (χ1v) is 12.1. The third-order valence-corrected chi connectivity index (χ3v) is 5.90. The standard InChI is InChI=1S/C25H32N4O7S/c1-14(30)21(25(35)36)29-24(34)20(11-15-5-3-2-4-6-15)28-23(33)19(27-22(32)18(26)13-37)12-16-7-9-17(31)10-8-16/h2-10,14,18-21,30-31,37H,11-13,26H2,1H3,(H,27,32)(H,28,33)(H,29,34)(H,35,36). The van der Waals surface area contributed by atoms with E-state index >= 15 is 0 Å². The summed E-state index contributed by atoms with van der Waals surface area (Å²) in [5.41, 5.74) is 7.04. The van der Waals surface area contributed by atoms with Gasteiger partial charge in [0.1, 0.15) is 17.8 Å². The number of phenols is 1. The Labute approximate surface area is 219 Å². The van der Waals surface area contributed by atoms with Gasteiger partial charge in [-0.1, -0.05) is 42.5 Å². The van der Waals surface area contributed by atoms with Crippen molar-refractivity contribution in [3.63, 3.8) is 0 Å². The topological polar surface area (TPSA) is 191 Å². The Morgan fingerprint density at radius 2 is 1.32 bits per heavy atom. The predicted octanol–water partition coefficient (Wildman–Crippen LogP) is -0.646. The lowest BCUT2D eigenvalue weighted by Crippen LogP contribution is -2.59. The first kappa shape index (κ1) is 29.6. The van der Waals surface area contributed by atoms with Crippen molar-refractivity contribution in [2.45, 2.75) is 50.0 Å². The van der Waals surface area contributed by atoms with Crippen molar-refractivity contribution in [3.8, 4) is 5.75 Å². The lowest BCUT2D eigenvalue weighted by atomic mass is 10.0. The first-order valence-electron chi connectivity index (χ1n) is 11.5. The number of hydrogen-bond donors (Lipinski definition) is 8. The van der Waals surface area contributed by atoms with E-state index in [9.17, 15) is 34.5 Å². The molecule has 0 saturated heterocycles. The summed E-state index contributed by atoms with van der Waals surface area (Å²) >= 11 is 4.01. The molecule has 0 bridgehead atoms. The van der Waals surface area contributed by atoms with E-state index in [2.05, 4.69) is 28.6 Å². The van der Waals surface area contributed by atoms with Crippen molar-refractivity contribution in [2.75, 3.05) is 5.75 Å². The van der Waals surface area contributed by atoms with Crippen LogP contribution in [0.4, 0.5) is 0 Å². The lowest BCUT2D eigenvalue weighted by molar-refractivity contribution is -0.145. The molecule has 5 atom stereocenters. The van der Waals surface area contributed by atoms with Crippen LogP contribution in [0.1, 0.15) is 18.1 Å². The lowest BCUT2D eigenvalue weighted by Gasteiger charge is -2.26. The summed E-state index contributed by atoms with van der Waals surface area (Å²) in [7, 11) is 0. The number of aliphatic hydroxyl groups is 1. The number of amides is 3. The maximum absolute atomic E-state index is 13.3. The zero-order valence-corrected chi connectivity index (χ0v) is 21.1. The molecule has 2 rings (SSSR count). The van der Waals surface area contributed by atoms with Crippen LogP contribution in [0.15, 0.2) is 54.6 Å². The van der Waals surface area contributed by atoms with Gasteiger partial charge in [0.2, 0.25) is 17.7 Å². The van der Waals surface area contributed by atoms with Crippen LogP contribution in [0, 0.1) is 0 Å². The molecule has 0 aliphatic rings. The second-order valence-electron chi connectivity index (χ2n) is 8.54. The Hall–Kier alpha value is -3.61. The average Bonchev–Trinajstić information content (AvgIpc) is 2.87. The van der Waals surface area contributed by atoms with Crippen LogP contribution in [0.2, 0.25) is 0 Å². The fourth-order valence-corrected chi connectivity index (χ4v) is 3.58. The van der Waals surface area contributed by atoms with Gasteiger partial charge in [-0.15, -0.1) is 0 Å². The van der Waals surface area contributed by atoms with Crippen LogP contribution in [-0.2, 0) is 32.0 Å².